The normalized spacial score (nSPS) is 14.9. The van der Waals surface area contributed by atoms with E-state index in [4.69, 9.17) is 4.99 Å². The highest BCUT2D eigenvalue weighted by molar-refractivity contribution is 6.24. The van der Waals surface area contributed by atoms with Crippen LogP contribution in [0.2, 0.25) is 0 Å². The van der Waals surface area contributed by atoms with Gasteiger partial charge in [-0.1, -0.05) is 42.2 Å². The molecule has 3 aromatic rings. The van der Waals surface area contributed by atoms with Gasteiger partial charge in [0, 0.05) is 28.9 Å². The number of nitrogens with one attached hydrogen (secondary N) is 1. The second-order valence-electron chi connectivity index (χ2n) is 7.90. The Labute approximate surface area is 191 Å². The summed E-state index contributed by atoms with van der Waals surface area (Å²) in [7, 11) is 3.92. The number of hydrogen-bond acceptors (Lipinski definition) is 5. The number of nitrogens with zero attached hydrogens (tertiary/aromatic N) is 3. The molecule has 0 radical (unpaired) electrons. The molecule has 1 N–H and O–H groups in total. The molecule has 4 rings (SSSR count). The fourth-order valence-corrected chi connectivity index (χ4v) is 3.60. The molecule has 7 heteroatoms. The van der Waals surface area contributed by atoms with Crippen molar-refractivity contribution in [1.29, 1.82) is 0 Å². The SMILES string of the molecule is CN(C)CC#Cc1ccc(N=C(c2ccccc2)C2C(=O)Nc3ccc([N+](=O)[O-])cc32)cc1. The summed E-state index contributed by atoms with van der Waals surface area (Å²) in [6.07, 6.45) is 0. The third-order valence-electron chi connectivity index (χ3n) is 5.16. The van der Waals surface area contributed by atoms with E-state index in [2.05, 4.69) is 17.2 Å². The summed E-state index contributed by atoms with van der Waals surface area (Å²) in [4.78, 5) is 30.6. The van der Waals surface area contributed by atoms with E-state index in [-0.39, 0.29) is 11.6 Å². The fourth-order valence-electron chi connectivity index (χ4n) is 3.60. The minimum absolute atomic E-state index is 0.0664. The Morgan fingerprint density at radius 3 is 2.48 bits per heavy atom. The molecule has 1 unspecified atom stereocenters. The number of rotatable bonds is 5. The van der Waals surface area contributed by atoms with Crippen molar-refractivity contribution in [2.75, 3.05) is 26.0 Å². The number of carbonyl (C=O) groups is 1. The van der Waals surface area contributed by atoms with Crippen molar-refractivity contribution in [3.8, 4) is 11.8 Å². The van der Waals surface area contributed by atoms with Crippen LogP contribution >= 0.6 is 0 Å². The molecular weight excluding hydrogens is 416 g/mol. The number of benzene rings is 3. The summed E-state index contributed by atoms with van der Waals surface area (Å²) in [5.41, 5.74) is 3.87. The minimum Gasteiger partial charge on any atom is -0.325 e. The number of carbonyl (C=O) groups excluding carboxylic acids is 1. The molecule has 1 atom stereocenters. The van der Waals surface area contributed by atoms with E-state index in [1.165, 1.54) is 12.1 Å². The van der Waals surface area contributed by atoms with Crippen LogP contribution in [0, 0.1) is 22.0 Å². The maximum atomic E-state index is 13.0. The zero-order valence-corrected chi connectivity index (χ0v) is 18.3. The van der Waals surface area contributed by atoms with Crippen LogP contribution in [0.3, 0.4) is 0 Å². The molecular formula is C26H22N4O3. The third kappa shape index (κ3) is 4.97. The molecule has 33 heavy (non-hydrogen) atoms. The number of nitro groups is 1. The Morgan fingerprint density at radius 1 is 1.09 bits per heavy atom. The van der Waals surface area contributed by atoms with Gasteiger partial charge >= 0.3 is 0 Å². The standard InChI is InChI=1S/C26H22N4O3/c1-29(2)16-6-7-18-10-12-20(13-11-18)27-25(19-8-4-3-5-9-19)24-22-17-21(30(32)33)14-15-23(22)28-26(24)31/h3-5,8-15,17,24H,16H2,1-2H3,(H,28,31). The molecule has 1 aliphatic rings. The van der Waals surface area contributed by atoms with Gasteiger partial charge in [-0.25, -0.2) is 0 Å². The smallest absolute Gasteiger partial charge is 0.269 e. The van der Waals surface area contributed by atoms with Gasteiger partial charge in [-0.05, 0) is 50.0 Å². The average molecular weight is 438 g/mol. The van der Waals surface area contributed by atoms with Crippen LogP contribution in [-0.2, 0) is 4.79 Å². The Hall–Kier alpha value is -4.28. The van der Waals surface area contributed by atoms with Crippen LogP contribution < -0.4 is 5.32 Å². The van der Waals surface area contributed by atoms with Crippen molar-refractivity contribution in [3.05, 3.63) is 99.6 Å². The Balaban J connectivity index is 1.76. The van der Waals surface area contributed by atoms with Gasteiger partial charge in [-0.15, -0.1) is 0 Å². The van der Waals surface area contributed by atoms with Crippen LogP contribution in [0.25, 0.3) is 0 Å². The molecule has 0 fully saturated rings. The third-order valence-corrected chi connectivity index (χ3v) is 5.16. The molecule has 1 amide bonds. The first-order valence-electron chi connectivity index (χ1n) is 10.4. The number of fused-ring (bicyclic) bond motifs is 1. The second-order valence-corrected chi connectivity index (χ2v) is 7.90. The lowest BCUT2D eigenvalue weighted by atomic mass is 9.90. The quantitative estimate of drug-likeness (QED) is 0.277. The molecule has 0 saturated carbocycles. The number of anilines is 1. The molecule has 1 heterocycles. The van der Waals surface area contributed by atoms with Crippen LogP contribution in [0.4, 0.5) is 17.1 Å². The van der Waals surface area contributed by atoms with Crippen molar-refractivity contribution in [1.82, 2.24) is 4.90 Å². The Morgan fingerprint density at radius 2 is 1.82 bits per heavy atom. The predicted octanol–water partition coefficient (Wildman–Crippen LogP) is 4.36. The summed E-state index contributed by atoms with van der Waals surface area (Å²) >= 11 is 0. The highest BCUT2D eigenvalue weighted by atomic mass is 16.6. The van der Waals surface area contributed by atoms with Crippen molar-refractivity contribution < 1.29 is 9.72 Å². The van der Waals surface area contributed by atoms with Gasteiger partial charge in [-0.2, -0.15) is 0 Å². The number of non-ortho nitro benzene ring substituents is 1. The summed E-state index contributed by atoms with van der Waals surface area (Å²) < 4.78 is 0. The van der Waals surface area contributed by atoms with Gasteiger partial charge in [0.1, 0.15) is 5.92 Å². The highest BCUT2D eigenvalue weighted by Crippen LogP contribution is 2.38. The van der Waals surface area contributed by atoms with Gasteiger partial charge in [0.2, 0.25) is 5.91 Å². The minimum atomic E-state index is -0.762. The molecule has 3 aromatic carbocycles. The fraction of sp³-hybridized carbons (Fsp3) is 0.154. The summed E-state index contributed by atoms with van der Waals surface area (Å²) in [5.74, 6) is 5.18. The maximum Gasteiger partial charge on any atom is 0.269 e. The van der Waals surface area contributed by atoms with Crippen molar-refractivity contribution in [2.45, 2.75) is 5.92 Å². The lowest BCUT2D eigenvalue weighted by molar-refractivity contribution is -0.384. The molecule has 0 spiro atoms. The number of aliphatic imine (C=N–C) groups is 1. The van der Waals surface area contributed by atoms with E-state index in [0.717, 1.165) is 11.1 Å². The van der Waals surface area contributed by atoms with Crippen molar-refractivity contribution in [2.24, 2.45) is 4.99 Å². The van der Waals surface area contributed by atoms with E-state index in [9.17, 15) is 14.9 Å². The topological polar surface area (TPSA) is 87.8 Å². The molecule has 0 aromatic heterocycles. The summed E-state index contributed by atoms with van der Waals surface area (Å²) in [5, 5.41) is 14.1. The van der Waals surface area contributed by atoms with Gasteiger partial charge in [0.05, 0.1) is 22.9 Å². The van der Waals surface area contributed by atoms with Crippen LogP contribution in [0.15, 0.2) is 77.8 Å². The molecule has 7 nitrogen and oxygen atoms in total. The number of nitro benzene ring substituents is 1. The molecule has 0 saturated heterocycles. The van der Waals surface area contributed by atoms with Gasteiger partial charge in [-0.3, -0.25) is 24.8 Å². The molecule has 0 aliphatic carbocycles. The maximum absolute atomic E-state index is 13.0. The van der Waals surface area contributed by atoms with Crippen molar-refractivity contribution >= 4 is 28.7 Å². The Kier molecular flexibility index (Phi) is 6.29. The zero-order chi connectivity index (χ0) is 23.4. The lowest BCUT2D eigenvalue weighted by Crippen LogP contribution is -2.22. The number of amides is 1. The van der Waals surface area contributed by atoms with Crippen molar-refractivity contribution in [3.63, 3.8) is 0 Å². The Bertz CT molecular complexity index is 1290. The van der Waals surface area contributed by atoms with Crippen LogP contribution in [0.1, 0.15) is 22.6 Å². The van der Waals surface area contributed by atoms with Crippen LogP contribution in [-0.4, -0.2) is 42.1 Å². The summed E-state index contributed by atoms with van der Waals surface area (Å²) in [6.45, 7) is 0.667. The number of hydrogen-bond donors (Lipinski definition) is 1. The van der Waals surface area contributed by atoms with Gasteiger partial charge in [0.25, 0.3) is 5.69 Å². The predicted molar refractivity (Wildman–Crippen MR) is 129 cm³/mol. The monoisotopic (exact) mass is 438 g/mol. The van der Waals surface area contributed by atoms with E-state index in [1.807, 2.05) is 73.6 Å². The van der Waals surface area contributed by atoms with Gasteiger partial charge in [0.15, 0.2) is 0 Å². The largest absolute Gasteiger partial charge is 0.325 e. The molecule has 1 aliphatic heterocycles. The van der Waals surface area contributed by atoms with E-state index in [0.29, 0.717) is 29.2 Å². The van der Waals surface area contributed by atoms with Crippen LogP contribution in [0.5, 0.6) is 0 Å². The molecule has 164 valence electrons. The first-order chi connectivity index (χ1) is 15.9. The van der Waals surface area contributed by atoms with E-state index < -0.39 is 10.8 Å². The van der Waals surface area contributed by atoms with E-state index in [1.54, 1.807) is 6.07 Å². The first-order valence-corrected chi connectivity index (χ1v) is 10.4. The zero-order valence-electron chi connectivity index (χ0n) is 18.3. The lowest BCUT2D eigenvalue weighted by Gasteiger charge is -2.14. The highest BCUT2D eigenvalue weighted by Gasteiger charge is 2.36. The second kappa shape index (κ2) is 9.47. The molecule has 0 bridgehead atoms. The van der Waals surface area contributed by atoms with E-state index >= 15 is 0 Å². The summed E-state index contributed by atoms with van der Waals surface area (Å²) in [6, 6.07) is 21.3. The average Bonchev–Trinajstić information content (AvgIpc) is 3.13. The van der Waals surface area contributed by atoms with Gasteiger partial charge < -0.3 is 5.32 Å². The first kappa shape index (κ1) is 21.9.